The van der Waals surface area contributed by atoms with E-state index in [0.29, 0.717) is 11.7 Å². The monoisotopic (exact) mass is 348 g/mol. The fraction of sp³-hybridized carbons (Fsp3) is 0.389. The summed E-state index contributed by atoms with van der Waals surface area (Å²) in [6.45, 7) is 4.57. The lowest BCUT2D eigenvalue weighted by molar-refractivity contribution is 0.114. The largest absolute Gasteiger partial charge is 0.491 e. The molecule has 0 bridgehead atoms. The topological polar surface area (TPSA) is 70.8 Å². The van der Waals surface area contributed by atoms with Crippen LogP contribution in [0.25, 0.3) is 0 Å². The van der Waals surface area contributed by atoms with Crippen molar-refractivity contribution >= 4 is 5.96 Å². The van der Waals surface area contributed by atoms with Crippen molar-refractivity contribution in [2.75, 3.05) is 26.2 Å². The first kappa shape index (κ1) is 18.8. The quantitative estimate of drug-likeness (QED) is 0.476. The first-order chi connectivity index (χ1) is 12.2. The maximum absolute atomic E-state index is 12.8. The molecule has 0 fully saturated rings. The highest BCUT2D eigenvalue weighted by atomic mass is 19.1. The molecule has 2 aromatic rings. The van der Waals surface area contributed by atoms with Gasteiger partial charge in [0.15, 0.2) is 5.96 Å². The molecule has 2 rings (SSSR count). The zero-order chi connectivity index (χ0) is 17.9. The summed E-state index contributed by atoms with van der Waals surface area (Å²) in [5.74, 6) is 0.843. The van der Waals surface area contributed by atoms with Crippen LogP contribution in [-0.4, -0.2) is 48.0 Å². The third kappa shape index (κ3) is 7.26. The normalized spacial score (nSPS) is 12.7. The molecule has 0 saturated heterocycles. The number of aromatic nitrogens is 1. The summed E-state index contributed by atoms with van der Waals surface area (Å²) in [4.78, 5) is 4.35. The number of hydrogen-bond acceptors (Lipinski definition) is 3. The van der Waals surface area contributed by atoms with Gasteiger partial charge in [-0.25, -0.2) is 4.39 Å². The minimum atomic E-state index is -0.745. The Hall–Kier alpha value is -2.54. The maximum Gasteiger partial charge on any atom is 0.191 e. The molecule has 0 amide bonds. The molecule has 1 heterocycles. The molecule has 25 heavy (non-hydrogen) atoms. The Bertz CT molecular complexity index is 629. The second-order valence-electron chi connectivity index (χ2n) is 5.49. The lowest BCUT2D eigenvalue weighted by Crippen LogP contribution is -2.39. The van der Waals surface area contributed by atoms with Crippen LogP contribution in [0.3, 0.4) is 0 Å². The van der Waals surface area contributed by atoms with Crippen LogP contribution in [0.2, 0.25) is 0 Å². The van der Waals surface area contributed by atoms with Crippen molar-refractivity contribution < 1.29 is 14.2 Å². The predicted molar refractivity (Wildman–Crippen MR) is 96.3 cm³/mol. The summed E-state index contributed by atoms with van der Waals surface area (Å²) in [6.07, 6.45) is 3.26. The van der Waals surface area contributed by atoms with Gasteiger partial charge >= 0.3 is 0 Å². The van der Waals surface area contributed by atoms with E-state index in [9.17, 15) is 9.50 Å². The molecule has 1 aromatic carbocycles. The minimum absolute atomic E-state index is 0.0951. The van der Waals surface area contributed by atoms with Gasteiger partial charge in [0.2, 0.25) is 0 Å². The number of nitrogens with zero attached hydrogens (tertiary/aromatic N) is 2. The van der Waals surface area contributed by atoms with Crippen molar-refractivity contribution in [2.45, 2.75) is 19.6 Å². The first-order valence-electron chi connectivity index (χ1n) is 8.36. The van der Waals surface area contributed by atoms with Crippen LogP contribution in [0, 0.1) is 5.82 Å². The van der Waals surface area contributed by atoms with Gasteiger partial charge in [-0.1, -0.05) is 0 Å². The predicted octanol–water partition coefficient (Wildman–Crippen LogP) is 1.62. The van der Waals surface area contributed by atoms with Crippen molar-refractivity contribution in [2.24, 2.45) is 4.99 Å². The third-order valence-electron chi connectivity index (χ3n) is 3.39. The molecule has 0 aliphatic heterocycles. The molecule has 0 radical (unpaired) electrons. The Morgan fingerprint density at radius 3 is 2.64 bits per heavy atom. The number of guanidine groups is 1. The van der Waals surface area contributed by atoms with Crippen LogP contribution in [0.4, 0.5) is 4.39 Å². The van der Waals surface area contributed by atoms with E-state index in [1.165, 1.54) is 24.3 Å². The second kappa shape index (κ2) is 10.4. The smallest absolute Gasteiger partial charge is 0.191 e. The van der Waals surface area contributed by atoms with Crippen molar-refractivity contribution in [3.63, 3.8) is 0 Å². The fourth-order valence-electron chi connectivity index (χ4n) is 2.14. The number of aliphatic imine (C=N–C) groups is 1. The van der Waals surface area contributed by atoms with Gasteiger partial charge in [0.1, 0.15) is 24.3 Å². The third-order valence-corrected chi connectivity index (χ3v) is 3.39. The van der Waals surface area contributed by atoms with Crippen molar-refractivity contribution in [1.82, 2.24) is 15.2 Å². The molecular weight excluding hydrogens is 323 g/mol. The second-order valence-corrected chi connectivity index (χ2v) is 5.49. The maximum atomic E-state index is 12.8. The van der Waals surface area contributed by atoms with Gasteiger partial charge in [-0.3, -0.25) is 4.99 Å². The molecule has 0 aliphatic carbocycles. The van der Waals surface area contributed by atoms with Crippen LogP contribution < -0.4 is 15.4 Å². The number of halogens is 1. The molecule has 0 aliphatic rings. The molecule has 1 atom stereocenters. The number of rotatable bonds is 9. The molecule has 1 unspecified atom stereocenters. The highest BCUT2D eigenvalue weighted by Gasteiger charge is 2.06. The molecule has 7 heteroatoms. The molecule has 1 aromatic heterocycles. The molecule has 6 nitrogen and oxygen atoms in total. The minimum Gasteiger partial charge on any atom is -0.491 e. The molecule has 0 spiro atoms. The molecule has 3 N–H and O–H groups in total. The number of nitrogens with one attached hydrogen (secondary N) is 2. The van der Waals surface area contributed by atoms with Crippen molar-refractivity contribution in [3.05, 3.63) is 54.6 Å². The van der Waals surface area contributed by atoms with E-state index in [-0.39, 0.29) is 19.0 Å². The summed E-state index contributed by atoms with van der Waals surface area (Å²) >= 11 is 0. The van der Waals surface area contributed by atoms with E-state index in [0.717, 1.165) is 19.6 Å². The number of aliphatic hydroxyl groups excluding tert-OH is 1. The zero-order valence-electron chi connectivity index (χ0n) is 14.4. The number of ether oxygens (including phenoxy) is 1. The van der Waals surface area contributed by atoms with Crippen LogP contribution in [-0.2, 0) is 6.54 Å². The van der Waals surface area contributed by atoms with Gasteiger partial charge in [0.05, 0.1) is 6.54 Å². The SMILES string of the molecule is CCNC(=NCC(O)COc1ccc(F)cc1)NCCn1cccc1. The van der Waals surface area contributed by atoms with Gasteiger partial charge < -0.3 is 25.0 Å². The van der Waals surface area contributed by atoms with Crippen molar-refractivity contribution in [3.8, 4) is 5.75 Å². The Labute approximate surface area is 147 Å². The zero-order valence-corrected chi connectivity index (χ0v) is 14.4. The highest BCUT2D eigenvalue weighted by Crippen LogP contribution is 2.11. The van der Waals surface area contributed by atoms with Gasteiger partial charge in [0, 0.05) is 32.0 Å². The van der Waals surface area contributed by atoms with E-state index < -0.39 is 6.10 Å². The summed E-state index contributed by atoms with van der Waals surface area (Å²) in [6, 6.07) is 9.65. The van der Waals surface area contributed by atoms with E-state index in [1.807, 2.05) is 31.5 Å². The number of hydrogen-bond donors (Lipinski definition) is 3. The van der Waals surface area contributed by atoms with Gasteiger partial charge in [-0.15, -0.1) is 0 Å². The Balaban J connectivity index is 1.73. The number of aliphatic hydroxyl groups is 1. The van der Waals surface area contributed by atoms with E-state index in [1.54, 1.807) is 0 Å². The van der Waals surface area contributed by atoms with Crippen LogP contribution in [0.15, 0.2) is 53.8 Å². The van der Waals surface area contributed by atoms with Crippen LogP contribution in [0.1, 0.15) is 6.92 Å². The first-order valence-corrected chi connectivity index (χ1v) is 8.36. The van der Waals surface area contributed by atoms with Crippen LogP contribution >= 0.6 is 0 Å². The fourth-order valence-corrected chi connectivity index (χ4v) is 2.14. The summed E-state index contributed by atoms with van der Waals surface area (Å²) < 4.78 is 20.3. The molecular formula is C18H25FN4O2. The summed E-state index contributed by atoms with van der Waals surface area (Å²) in [7, 11) is 0. The summed E-state index contributed by atoms with van der Waals surface area (Å²) in [5, 5.41) is 16.3. The van der Waals surface area contributed by atoms with Crippen molar-refractivity contribution in [1.29, 1.82) is 0 Å². The lowest BCUT2D eigenvalue weighted by Gasteiger charge is -2.14. The Morgan fingerprint density at radius 1 is 1.24 bits per heavy atom. The summed E-state index contributed by atoms with van der Waals surface area (Å²) in [5.41, 5.74) is 0. The number of benzene rings is 1. The molecule has 136 valence electrons. The van der Waals surface area contributed by atoms with Gasteiger partial charge in [0.25, 0.3) is 0 Å². The van der Waals surface area contributed by atoms with Gasteiger partial charge in [-0.2, -0.15) is 0 Å². The van der Waals surface area contributed by atoms with Gasteiger partial charge in [-0.05, 0) is 43.3 Å². The van der Waals surface area contributed by atoms with E-state index in [4.69, 9.17) is 4.74 Å². The average Bonchev–Trinajstić information content (AvgIpc) is 3.12. The highest BCUT2D eigenvalue weighted by molar-refractivity contribution is 5.79. The standard InChI is InChI=1S/C18H25FN4O2/c1-2-20-18(21-9-12-23-10-3-4-11-23)22-13-16(24)14-25-17-7-5-15(19)6-8-17/h3-8,10-11,16,24H,2,9,12-14H2,1H3,(H2,20,21,22). The van der Waals surface area contributed by atoms with E-state index >= 15 is 0 Å². The van der Waals surface area contributed by atoms with Crippen LogP contribution in [0.5, 0.6) is 5.75 Å². The Morgan fingerprint density at radius 2 is 1.96 bits per heavy atom. The molecule has 0 saturated carbocycles. The Kier molecular flexibility index (Phi) is 7.78. The van der Waals surface area contributed by atoms with E-state index in [2.05, 4.69) is 20.2 Å². The average molecular weight is 348 g/mol. The lowest BCUT2D eigenvalue weighted by atomic mass is 10.3.